The van der Waals surface area contributed by atoms with Crippen LogP contribution < -0.4 is 4.74 Å². The Morgan fingerprint density at radius 3 is 2.23 bits per heavy atom. The molecule has 0 aliphatic carbocycles. The molecule has 220 valence electrons. The third-order valence-corrected chi connectivity index (χ3v) is 8.34. The number of aryl methyl sites for hydroxylation is 2. The number of ether oxygens (including phenoxy) is 1. The zero-order valence-corrected chi connectivity index (χ0v) is 25.7. The Kier molecular flexibility index (Phi) is 17.7. The number of carbonyl (C=O) groups excluding carboxylic acids is 1. The molecule has 6 nitrogen and oxygen atoms in total. The number of likely N-dealkylation sites (tertiary alicyclic amines) is 1. The van der Waals surface area contributed by atoms with E-state index in [4.69, 9.17) is 9.53 Å². The van der Waals surface area contributed by atoms with Gasteiger partial charge in [-0.25, -0.2) is 4.39 Å². The summed E-state index contributed by atoms with van der Waals surface area (Å²) in [4.78, 5) is 14.3. The van der Waals surface area contributed by atoms with Crippen molar-refractivity contribution in [2.45, 2.75) is 78.4 Å². The molecule has 2 saturated heterocycles. The van der Waals surface area contributed by atoms with Crippen LogP contribution in [0.4, 0.5) is 4.39 Å². The van der Waals surface area contributed by atoms with Gasteiger partial charge in [0.1, 0.15) is 24.5 Å². The fourth-order valence-electron chi connectivity index (χ4n) is 4.99. The number of benzene rings is 1. The third-order valence-electron chi connectivity index (χ3n) is 7.14. The minimum Gasteiger partial charge on any atom is -0.507 e. The van der Waals surface area contributed by atoms with E-state index < -0.39 is 6.17 Å². The second kappa shape index (κ2) is 19.8. The normalized spacial score (nSPS) is 19.6. The summed E-state index contributed by atoms with van der Waals surface area (Å²) in [5.74, 6) is 3.14. The molecule has 0 bridgehead atoms. The van der Waals surface area contributed by atoms with Crippen LogP contribution in [0.25, 0.3) is 0 Å². The second-order valence-electron chi connectivity index (χ2n) is 9.94. The lowest BCUT2D eigenvalue weighted by atomic mass is 9.91. The van der Waals surface area contributed by atoms with Crippen LogP contribution in [0, 0.1) is 19.8 Å². The molecule has 2 unspecified atom stereocenters. The fourth-order valence-corrected chi connectivity index (χ4v) is 6.01. The van der Waals surface area contributed by atoms with E-state index in [1.165, 1.54) is 50.1 Å². The molecule has 2 aromatic rings. The van der Waals surface area contributed by atoms with Gasteiger partial charge in [0.05, 0.1) is 7.11 Å². The molecule has 39 heavy (non-hydrogen) atoms. The van der Waals surface area contributed by atoms with Crippen molar-refractivity contribution < 1.29 is 19.0 Å². The lowest BCUT2D eigenvalue weighted by molar-refractivity contribution is -0.0980. The Balaban J connectivity index is 0.000000425. The number of aromatic hydroxyl groups is 1. The van der Waals surface area contributed by atoms with Crippen molar-refractivity contribution in [3.05, 3.63) is 53.3 Å². The Morgan fingerprint density at radius 2 is 1.72 bits per heavy atom. The van der Waals surface area contributed by atoms with Gasteiger partial charge in [-0.15, -0.1) is 0 Å². The number of methoxy groups -OCH3 is 1. The van der Waals surface area contributed by atoms with Gasteiger partial charge in [0, 0.05) is 43.8 Å². The quantitative estimate of drug-likeness (QED) is 0.284. The van der Waals surface area contributed by atoms with Gasteiger partial charge in [-0.2, -0.15) is 0 Å². The molecule has 4 rings (SSSR count). The number of phenolic OH excluding ortho intramolecular Hbond substituents is 1. The smallest absolute Gasteiger partial charge is 0.121 e. The van der Waals surface area contributed by atoms with Gasteiger partial charge in [-0.05, 0) is 106 Å². The standard InChI is InChI=1S/C19H30FN3S.C9H12O2.C2H6.CH2O/c1-22-15-18(20)14-19(22)3-2-12-24-23-10-6-17(7-11-23)13-16-4-8-21-9-5-16;1-6-4-8(11-3)5-7(2)9(6)10;2*1-2/h4-5,8-9,17-19H,2-3,6-7,10-15H2,1H3;4-5,10H,1-3H3;1-2H3;1H2. The molecule has 2 aliphatic heterocycles. The number of piperidine rings is 1. The van der Waals surface area contributed by atoms with E-state index in [-0.39, 0.29) is 0 Å². The van der Waals surface area contributed by atoms with Crippen molar-refractivity contribution in [3.63, 3.8) is 0 Å². The van der Waals surface area contributed by atoms with Crippen LogP contribution in [0.1, 0.15) is 62.6 Å². The molecule has 2 fully saturated rings. The maximum absolute atomic E-state index is 13.4. The lowest BCUT2D eigenvalue weighted by Gasteiger charge is -2.31. The van der Waals surface area contributed by atoms with Gasteiger partial charge < -0.3 is 19.5 Å². The van der Waals surface area contributed by atoms with Gasteiger partial charge in [-0.1, -0.05) is 25.8 Å². The molecule has 1 aromatic carbocycles. The number of halogens is 1. The van der Waals surface area contributed by atoms with Crippen molar-refractivity contribution in [2.75, 3.05) is 39.5 Å². The number of hydrogen-bond acceptors (Lipinski definition) is 7. The first kappa shape index (κ1) is 34.9. The van der Waals surface area contributed by atoms with Crippen LogP contribution in [0.2, 0.25) is 0 Å². The average molecular weight is 564 g/mol. The number of alkyl halides is 1. The highest BCUT2D eigenvalue weighted by atomic mass is 32.2. The van der Waals surface area contributed by atoms with E-state index in [0.717, 1.165) is 35.6 Å². The zero-order chi connectivity index (χ0) is 29.2. The van der Waals surface area contributed by atoms with E-state index in [2.05, 4.69) is 33.4 Å². The summed E-state index contributed by atoms with van der Waals surface area (Å²) in [6.45, 7) is 12.7. The molecule has 1 N–H and O–H groups in total. The monoisotopic (exact) mass is 563 g/mol. The van der Waals surface area contributed by atoms with Gasteiger partial charge in [0.15, 0.2) is 0 Å². The maximum Gasteiger partial charge on any atom is 0.121 e. The summed E-state index contributed by atoms with van der Waals surface area (Å²) in [7, 11) is 3.68. The number of hydrogen-bond donors (Lipinski definition) is 1. The highest BCUT2D eigenvalue weighted by Gasteiger charge is 2.28. The van der Waals surface area contributed by atoms with Gasteiger partial charge in [0.2, 0.25) is 0 Å². The van der Waals surface area contributed by atoms with E-state index in [1.54, 1.807) is 7.11 Å². The van der Waals surface area contributed by atoms with Crippen molar-refractivity contribution >= 4 is 18.7 Å². The number of pyridine rings is 1. The van der Waals surface area contributed by atoms with Crippen LogP contribution in [0.15, 0.2) is 36.7 Å². The molecule has 0 radical (unpaired) electrons. The molecule has 2 aliphatic rings. The predicted molar refractivity (Wildman–Crippen MR) is 162 cm³/mol. The van der Waals surface area contributed by atoms with Gasteiger partial charge in [-0.3, -0.25) is 9.29 Å². The summed E-state index contributed by atoms with van der Waals surface area (Å²) in [5, 5.41) is 9.37. The van der Waals surface area contributed by atoms with E-state index in [0.29, 0.717) is 18.3 Å². The first-order valence-corrected chi connectivity index (χ1v) is 15.0. The molecular weight excluding hydrogens is 513 g/mol. The number of aromatic nitrogens is 1. The Morgan fingerprint density at radius 1 is 1.13 bits per heavy atom. The number of phenols is 1. The fraction of sp³-hybridized carbons (Fsp3) is 0.613. The van der Waals surface area contributed by atoms with Crippen molar-refractivity contribution in [3.8, 4) is 11.5 Å². The first-order valence-electron chi connectivity index (χ1n) is 14.1. The molecule has 3 heterocycles. The minimum atomic E-state index is -0.605. The maximum atomic E-state index is 13.4. The Hall–Kier alpha value is -2.16. The van der Waals surface area contributed by atoms with E-state index >= 15 is 0 Å². The summed E-state index contributed by atoms with van der Waals surface area (Å²) in [6, 6.07) is 8.36. The lowest BCUT2D eigenvalue weighted by Crippen LogP contribution is -2.30. The Labute approximate surface area is 240 Å². The van der Waals surface area contributed by atoms with Crippen LogP contribution in [0.3, 0.4) is 0 Å². The third kappa shape index (κ3) is 12.7. The predicted octanol–water partition coefficient (Wildman–Crippen LogP) is 6.67. The molecule has 0 saturated carbocycles. The first-order chi connectivity index (χ1) is 18.9. The summed E-state index contributed by atoms with van der Waals surface area (Å²) >= 11 is 2.00. The van der Waals surface area contributed by atoms with Crippen LogP contribution in [0.5, 0.6) is 11.5 Å². The molecule has 1 aromatic heterocycles. The summed E-state index contributed by atoms with van der Waals surface area (Å²) in [5.41, 5.74) is 3.12. The second-order valence-corrected chi connectivity index (χ2v) is 11.1. The largest absolute Gasteiger partial charge is 0.507 e. The molecule has 0 amide bonds. The summed E-state index contributed by atoms with van der Waals surface area (Å²) in [6.07, 6.45) is 10.0. The number of nitrogens with zero attached hydrogens (tertiary/aromatic N) is 3. The number of rotatable bonds is 8. The molecule has 8 heteroatoms. The van der Waals surface area contributed by atoms with E-state index in [9.17, 15) is 9.50 Å². The topological polar surface area (TPSA) is 65.9 Å². The number of carbonyl (C=O) groups is 1. The average Bonchev–Trinajstić information content (AvgIpc) is 3.29. The van der Waals surface area contributed by atoms with Crippen molar-refractivity contribution in [2.24, 2.45) is 5.92 Å². The van der Waals surface area contributed by atoms with Crippen LogP contribution in [-0.2, 0) is 11.2 Å². The van der Waals surface area contributed by atoms with Gasteiger partial charge >= 0.3 is 0 Å². The van der Waals surface area contributed by atoms with Crippen LogP contribution >= 0.6 is 11.9 Å². The van der Waals surface area contributed by atoms with Crippen LogP contribution in [-0.4, -0.2) is 77.8 Å². The molecular formula is C31H50FN3O3S. The zero-order valence-electron chi connectivity index (χ0n) is 24.9. The highest BCUT2D eigenvalue weighted by Crippen LogP contribution is 2.28. The molecule has 0 spiro atoms. The molecule has 2 atom stereocenters. The minimum absolute atomic E-state index is 0.353. The van der Waals surface area contributed by atoms with Crippen molar-refractivity contribution in [1.29, 1.82) is 0 Å². The van der Waals surface area contributed by atoms with Gasteiger partial charge in [0.25, 0.3) is 0 Å². The highest BCUT2D eigenvalue weighted by molar-refractivity contribution is 7.97. The van der Waals surface area contributed by atoms with Crippen molar-refractivity contribution in [1.82, 2.24) is 14.2 Å². The van der Waals surface area contributed by atoms with E-state index in [1.807, 2.05) is 71.0 Å². The summed E-state index contributed by atoms with van der Waals surface area (Å²) < 4.78 is 20.9. The Bertz CT molecular complexity index is 890. The SMILES string of the molecule is C=O.CC.CN1CC(F)CC1CCCSN1CCC(Cc2ccncc2)CC1.COc1cc(C)c(O)c(C)c1.